The van der Waals surface area contributed by atoms with Crippen LogP contribution in [0.1, 0.15) is 28.4 Å². The standard InChI is InChI=1S/C20H24ClN3O3/c1-3-27-20-18(19(25)22-13-15-4-6-16(21)7-5-15)14(2)12-17(23-20)24-8-10-26-11-9-24/h4-7,12H,3,8-11,13H2,1-2H3,(H,22,25). The first-order chi connectivity index (χ1) is 13.1. The first kappa shape index (κ1) is 19.5. The number of pyridine rings is 1. The van der Waals surface area contributed by atoms with Gasteiger partial charge in [0.05, 0.1) is 19.8 Å². The number of anilines is 1. The molecule has 2 heterocycles. The number of aryl methyl sites for hydroxylation is 1. The summed E-state index contributed by atoms with van der Waals surface area (Å²) in [5, 5.41) is 3.61. The number of aromatic nitrogens is 1. The van der Waals surface area contributed by atoms with Crippen molar-refractivity contribution in [2.45, 2.75) is 20.4 Å². The summed E-state index contributed by atoms with van der Waals surface area (Å²) in [5.41, 5.74) is 2.28. The number of amides is 1. The van der Waals surface area contributed by atoms with Gasteiger partial charge in [-0.3, -0.25) is 4.79 Å². The highest BCUT2D eigenvalue weighted by atomic mass is 35.5. The average Bonchev–Trinajstić information content (AvgIpc) is 2.68. The number of benzene rings is 1. The lowest BCUT2D eigenvalue weighted by atomic mass is 10.1. The van der Waals surface area contributed by atoms with E-state index in [-0.39, 0.29) is 5.91 Å². The molecule has 1 aromatic carbocycles. The first-order valence-corrected chi connectivity index (χ1v) is 9.46. The lowest BCUT2D eigenvalue weighted by molar-refractivity contribution is 0.0945. The van der Waals surface area contributed by atoms with Crippen molar-refractivity contribution in [1.82, 2.24) is 10.3 Å². The van der Waals surface area contributed by atoms with Gasteiger partial charge >= 0.3 is 0 Å². The van der Waals surface area contributed by atoms with Gasteiger partial charge in [-0.2, -0.15) is 4.98 Å². The molecule has 1 aliphatic heterocycles. The Bertz CT molecular complexity index is 790. The molecular weight excluding hydrogens is 366 g/mol. The Morgan fingerprint density at radius 2 is 2.00 bits per heavy atom. The molecule has 144 valence electrons. The third kappa shape index (κ3) is 4.90. The summed E-state index contributed by atoms with van der Waals surface area (Å²) in [6.45, 7) is 7.55. The topological polar surface area (TPSA) is 63.7 Å². The number of morpholine rings is 1. The first-order valence-electron chi connectivity index (χ1n) is 9.08. The van der Waals surface area contributed by atoms with Gasteiger partial charge < -0.3 is 19.7 Å². The lowest BCUT2D eigenvalue weighted by Gasteiger charge is -2.28. The molecule has 3 rings (SSSR count). The molecule has 0 atom stereocenters. The number of nitrogens with one attached hydrogen (secondary N) is 1. The molecule has 0 saturated carbocycles. The maximum absolute atomic E-state index is 12.8. The third-order valence-electron chi connectivity index (χ3n) is 4.38. The molecule has 1 N–H and O–H groups in total. The van der Waals surface area contributed by atoms with E-state index < -0.39 is 0 Å². The van der Waals surface area contributed by atoms with Gasteiger partial charge in [-0.05, 0) is 43.2 Å². The Morgan fingerprint density at radius 1 is 1.30 bits per heavy atom. The van der Waals surface area contributed by atoms with Crippen LogP contribution in [0.3, 0.4) is 0 Å². The molecule has 1 fully saturated rings. The minimum Gasteiger partial charge on any atom is -0.477 e. The minimum atomic E-state index is -0.202. The van der Waals surface area contributed by atoms with E-state index in [1.807, 2.05) is 32.0 Å². The van der Waals surface area contributed by atoms with Crippen LogP contribution >= 0.6 is 11.6 Å². The fourth-order valence-corrected chi connectivity index (χ4v) is 3.10. The van der Waals surface area contributed by atoms with Gasteiger partial charge in [0.25, 0.3) is 5.91 Å². The van der Waals surface area contributed by atoms with E-state index >= 15 is 0 Å². The molecule has 1 aromatic heterocycles. The summed E-state index contributed by atoms with van der Waals surface area (Å²) in [6.07, 6.45) is 0. The summed E-state index contributed by atoms with van der Waals surface area (Å²) >= 11 is 5.90. The maximum Gasteiger partial charge on any atom is 0.257 e. The van der Waals surface area contributed by atoms with E-state index in [0.29, 0.717) is 42.8 Å². The van der Waals surface area contributed by atoms with Crippen LogP contribution in [-0.4, -0.2) is 43.8 Å². The molecule has 1 saturated heterocycles. The molecule has 2 aromatic rings. The van der Waals surface area contributed by atoms with Crippen molar-refractivity contribution in [2.75, 3.05) is 37.8 Å². The van der Waals surface area contributed by atoms with Gasteiger partial charge in [0.15, 0.2) is 0 Å². The third-order valence-corrected chi connectivity index (χ3v) is 4.63. The van der Waals surface area contributed by atoms with Gasteiger partial charge in [-0.25, -0.2) is 0 Å². The van der Waals surface area contributed by atoms with Gasteiger partial charge in [-0.1, -0.05) is 23.7 Å². The Balaban J connectivity index is 1.79. The van der Waals surface area contributed by atoms with Crippen molar-refractivity contribution in [3.8, 4) is 5.88 Å². The second-order valence-corrected chi connectivity index (χ2v) is 6.76. The molecular formula is C20H24ClN3O3. The van der Waals surface area contributed by atoms with Gasteiger partial charge in [0.1, 0.15) is 11.4 Å². The fourth-order valence-electron chi connectivity index (χ4n) is 2.97. The van der Waals surface area contributed by atoms with E-state index in [2.05, 4.69) is 15.2 Å². The van der Waals surface area contributed by atoms with Crippen molar-refractivity contribution in [3.63, 3.8) is 0 Å². The molecule has 27 heavy (non-hydrogen) atoms. The number of nitrogens with zero attached hydrogens (tertiary/aromatic N) is 2. The van der Waals surface area contributed by atoms with Crippen LogP contribution in [0.2, 0.25) is 5.02 Å². The molecule has 0 radical (unpaired) electrons. The Hall–Kier alpha value is -2.31. The predicted octanol–water partition coefficient (Wildman–Crippen LogP) is 3.21. The number of carbonyl (C=O) groups is 1. The number of hydrogen-bond donors (Lipinski definition) is 1. The SMILES string of the molecule is CCOc1nc(N2CCOCC2)cc(C)c1C(=O)NCc1ccc(Cl)cc1. The van der Waals surface area contributed by atoms with Crippen molar-refractivity contribution in [2.24, 2.45) is 0 Å². The second kappa shape index (κ2) is 9.06. The fraction of sp³-hybridized carbons (Fsp3) is 0.400. The maximum atomic E-state index is 12.8. The van der Waals surface area contributed by atoms with Gasteiger partial charge in [-0.15, -0.1) is 0 Å². The van der Waals surface area contributed by atoms with Crippen molar-refractivity contribution in [3.05, 3.63) is 52.0 Å². The highest BCUT2D eigenvalue weighted by Gasteiger charge is 2.21. The molecule has 1 aliphatic rings. The highest BCUT2D eigenvalue weighted by Crippen LogP contribution is 2.26. The molecule has 0 bridgehead atoms. The summed E-state index contributed by atoms with van der Waals surface area (Å²) < 4.78 is 11.1. The minimum absolute atomic E-state index is 0.202. The second-order valence-electron chi connectivity index (χ2n) is 6.32. The van der Waals surface area contributed by atoms with Crippen LogP contribution in [0.25, 0.3) is 0 Å². The summed E-state index contributed by atoms with van der Waals surface area (Å²) in [4.78, 5) is 19.5. The zero-order valence-electron chi connectivity index (χ0n) is 15.6. The van der Waals surface area contributed by atoms with E-state index in [1.165, 1.54) is 0 Å². The summed E-state index contributed by atoms with van der Waals surface area (Å²) in [7, 11) is 0. The zero-order valence-corrected chi connectivity index (χ0v) is 16.4. The van der Waals surface area contributed by atoms with Gasteiger partial charge in [0, 0.05) is 24.7 Å². The van der Waals surface area contributed by atoms with Crippen LogP contribution < -0.4 is 15.0 Å². The largest absolute Gasteiger partial charge is 0.477 e. The highest BCUT2D eigenvalue weighted by molar-refractivity contribution is 6.30. The van der Waals surface area contributed by atoms with Crippen molar-refractivity contribution < 1.29 is 14.3 Å². The number of halogens is 1. The molecule has 0 unspecified atom stereocenters. The normalized spacial score (nSPS) is 14.1. The number of ether oxygens (including phenoxy) is 2. The smallest absolute Gasteiger partial charge is 0.257 e. The number of hydrogen-bond acceptors (Lipinski definition) is 5. The van der Waals surface area contributed by atoms with E-state index in [9.17, 15) is 4.79 Å². The monoisotopic (exact) mass is 389 g/mol. The van der Waals surface area contributed by atoms with Crippen LogP contribution in [0.5, 0.6) is 5.88 Å². The summed E-state index contributed by atoms with van der Waals surface area (Å²) in [6, 6.07) is 9.32. The van der Waals surface area contributed by atoms with Crippen LogP contribution in [0, 0.1) is 6.92 Å². The van der Waals surface area contributed by atoms with Crippen LogP contribution in [0.15, 0.2) is 30.3 Å². The Morgan fingerprint density at radius 3 is 2.67 bits per heavy atom. The van der Waals surface area contributed by atoms with E-state index in [0.717, 1.165) is 30.0 Å². The van der Waals surface area contributed by atoms with Crippen molar-refractivity contribution >= 4 is 23.3 Å². The van der Waals surface area contributed by atoms with Crippen molar-refractivity contribution in [1.29, 1.82) is 0 Å². The Labute approximate surface area is 164 Å². The number of rotatable bonds is 6. The molecule has 6 nitrogen and oxygen atoms in total. The zero-order chi connectivity index (χ0) is 19.2. The van der Waals surface area contributed by atoms with E-state index in [1.54, 1.807) is 12.1 Å². The molecule has 0 aliphatic carbocycles. The van der Waals surface area contributed by atoms with Gasteiger partial charge in [0.2, 0.25) is 5.88 Å². The summed E-state index contributed by atoms with van der Waals surface area (Å²) in [5.74, 6) is 0.980. The molecule has 0 spiro atoms. The lowest BCUT2D eigenvalue weighted by Crippen LogP contribution is -2.37. The number of carbonyl (C=O) groups excluding carboxylic acids is 1. The average molecular weight is 390 g/mol. The van der Waals surface area contributed by atoms with E-state index in [4.69, 9.17) is 21.1 Å². The molecule has 1 amide bonds. The van der Waals surface area contributed by atoms with Crippen LogP contribution in [-0.2, 0) is 11.3 Å². The molecule has 7 heteroatoms. The quantitative estimate of drug-likeness (QED) is 0.821. The van der Waals surface area contributed by atoms with Crippen LogP contribution in [0.4, 0.5) is 5.82 Å². The Kier molecular flexibility index (Phi) is 6.53. The predicted molar refractivity (Wildman–Crippen MR) is 106 cm³/mol.